The van der Waals surface area contributed by atoms with Crippen molar-refractivity contribution in [2.24, 2.45) is 29.6 Å². The van der Waals surface area contributed by atoms with E-state index in [4.69, 9.17) is 8.85 Å². The number of fused-ring (bicyclic) bond motifs is 1. The summed E-state index contributed by atoms with van der Waals surface area (Å²) in [7, 11) is 0. The molecule has 6 nitrogen and oxygen atoms in total. The molecule has 0 aromatic carbocycles. The molecule has 0 radical (unpaired) electrons. The molecule has 0 saturated carbocycles. The third-order valence-electron chi connectivity index (χ3n) is 6.34. The van der Waals surface area contributed by atoms with Gasteiger partial charge < -0.3 is 24.9 Å². The zero-order chi connectivity index (χ0) is 24.9. The van der Waals surface area contributed by atoms with Gasteiger partial charge in [0, 0.05) is 22.4 Å². The molecule has 0 saturated heterocycles. The summed E-state index contributed by atoms with van der Waals surface area (Å²) in [5.41, 5.74) is 1.06. The minimum atomic E-state index is -2.42. The van der Waals surface area contributed by atoms with Gasteiger partial charge in [-0.05, 0) is 55.4 Å². The van der Waals surface area contributed by atoms with E-state index in [0.29, 0.717) is 19.3 Å². The first kappa shape index (κ1) is 23.5. The van der Waals surface area contributed by atoms with Crippen molar-refractivity contribution < 1.29 is 63.3 Å². The molecule has 2 N–H and O–H groups in total. The average Bonchev–Trinajstić information content (AvgIpc) is 2.65. The van der Waals surface area contributed by atoms with Crippen molar-refractivity contribution >= 4 is 11.9 Å². The Bertz CT molecular complexity index is 753. The standard InChI is InChI=1S/C24H38O6.Na/c1-5-15(3)24(29)30-21-11-14(2)10-17-7-6-16(4)20(23(17)21)9-8-18(25)12-19(26)13-22(27)28;/h6-7,10,14-16,18-21,23,25-26H,5,8-9,11-13H2,1-4H3,(H,27,28);/q;+1/p-1/t14-,15+,16-,18+,19+,20-,21-,23-;/m1./s1/i3D3;. The number of ether oxygens (including phenoxy) is 1. The van der Waals surface area contributed by atoms with Crippen LogP contribution in [0.3, 0.4) is 0 Å². The second-order valence-electron chi connectivity index (χ2n) is 8.92. The van der Waals surface area contributed by atoms with Gasteiger partial charge >= 0.3 is 35.5 Å². The van der Waals surface area contributed by atoms with Crippen molar-refractivity contribution in [3.8, 4) is 0 Å². The van der Waals surface area contributed by atoms with E-state index in [1.54, 1.807) is 6.92 Å². The van der Waals surface area contributed by atoms with Gasteiger partial charge in [0.2, 0.25) is 0 Å². The Morgan fingerprint density at radius 2 is 2.03 bits per heavy atom. The van der Waals surface area contributed by atoms with E-state index in [1.807, 2.05) is 13.0 Å². The van der Waals surface area contributed by atoms with Crippen molar-refractivity contribution in [1.29, 1.82) is 0 Å². The third-order valence-corrected chi connectivity index (χ3v) is 6.34. The van der Waals surface area contributed by atoms with Gasteiger partial charge in [-0.25, -0.2) is 0 Å². The molecule has 2 rings (SSSR count). The first-order chi connectivity index (χ1) is 15.3. The van der Waals surface area contributed by atoms with Gasteiger partial charge in [0.15, 0.2) is 0 Å². The molecule has 0 fully saturated rings. The smallest absolute Gasteiger partial charge is 0.550 e. The van der Waals surface area contributed by atoms with E-state index in [-0.39, 0.29) is 66.1 Å². The molecule has 170 valence electrons. The Labute approximate surface area is 212 Å². The molecule has 8 atom stereocenters. The molecule has 0 aromatic rings. The van der Waals surface area contributed by atoms with Gasteiger partial charge in [0.25, 0.3) is 0 Å². The minimum absolute atomic E-state index is 0. The molecule has 0 amide bonds. The summed E-state index contributed by atoms with van der Waals surface area (Å²) in [5.74, 6) is -2.96. The van der Waals surface area contributed by atoms with Crippen LogP contribution in [0.1, 0.15) is 70.3 Å². The molecule has 2 aliphatic carbocycles. The molecule has 2 aliphatic rings. The number of aliphatic hydroxyl groups excluding tert-OH is 2. The van der Waals surface area contributed by atoms with Crippen LogP contribution in [0.2, 0.25) is 0 Å². The number of hydrogen-bond acceptors (Lipinski definition) is 6. The number of carboxylic acid groups (broad SMARTS) is 1. The van der Waals surface area contributed by atoms with Gasteiger partial charge in [-0.15, -0.1) is 0 Å². The SMILES string of the molecule is [2H]C([2H])([2H])[C@@H](CC)C(=O)O[C@@H]1C[C@H](C)C=C2C=C[C@@H](C)[C@@H](CC[C@H](O)C[C@H](O)CC(=O)[O-])[C@@H]21.[Na+]. The zero-order valence-electron chi connectivity index (χ0n) is 22.1. The van der Waals surface area contributed by atoms with E-state index in [2.05, 4.69) is 19.1 Å². The van der Waals surface area contributed by atoms with Gasteiger partial charge in [0.05, 0.1) is 18.1 Å². The predicted octanol–water partition coefficient (Wildman–Crippen LogP) is -0.615. The summed E-state index contributed by atoms with van der Waals surface area (Å²) >= 11 is 0. The summed E-state index contributed by atoms with van der Waals surface area (Å²) in [4.78, 5) is 23.4. The molecule has 0 spiro atoms. The molecule has 7 heteroatoms. The number of aliphatic carboxylic acids is 1. The van der Waals surface area contributed by atoms with Crippen LogP contribution in [0, 0.1) is 29.6 Å². The molecule has 0 bridgehead atoms. The summed E-state index contributed by atoms with van der Waals surface area (Å²) in [6.07, 6.45) is 4.96. The fraction of sp³-hybridized carbons (Fsp3) is 0.750. The maximum Gasteiger partial charge on any atom is 1.00 e. The number of carboxylic acids is 1. The monoisotopic (exact) mass is 447 g/mol. The van der Waals surface area contributed by atoms with Crippen molar-refractivity contribution in [2.75, 3.05) is 0 Å². The number of carbonyl (C=O) groups excluding carboxylic acids is 2. The third kappa shape index (κ3) is 8.32. The molecule has 31 heavy (non-hydrogen) atoms. The first-order valence-electron chi connectivity index (χ1n) is 12.5. The molecule has 0 aliphatic heterocycles. The van der Waals surface area contributed by atoms with Crippen LogP contribution in [0.4, 0.5) is 0 Å². The Morgan fingerprint density at radius 1 is 1.32 bits per heavy atom. The van der Waals surface area contributed by atoms with Crippen molar-refractivity contribution in [3.05, 3.63) is 23.8 Å². The molecular weight excluding hydrogens is 407 g/mol. The van der Waals surface area contributed by atoms with E-state index in [1.165, 1.54) is 0 Å². The maximum atomic E-state index is 12.8. The number of aliphatic hydroxyl groups is 2. The van der Waals surface area contributed by atoms with Crippen LogP contribution < -0.4 is 34.7 Å². The van der Waals surface area contributed by atoms with Crippen LogP contribution in [0.5, 0.6) is 0 Å². The van der Waals surface area contributed by atoms with Crippen LogP contribution in [0.25, 0.3) is 0 Å². The number of rotatable bonds is 10. The van der Waals surface area contributed by atoms with E-state index in [0.717, 1.165) is 5.57 Å². The molecule has 0 aromatic heterocycles. The summed E-state index contributed by atoms with van der Waals surface area (Å²) in [6, 6.07) is 0. The largest absolute Gasteiger partial charge is 1.00 e. The maximum absolute atomic E-state index is 12.8. The Balaban J connectivity index is 0.00000578. The van der Waals surface area contributed by atoms with E-state index in [9.17, 15) is 24.9 Å². The fourth-order valence-corrected chi connectivity index (χ4v) is 4.71. The minimum Gasteiger partial charge on any atom is -0.550 e. The molecule has 0 unspecified atom stereocenters. The zero-order valence-corrected chi connectivity index (χ0v) is 21.1. The molecular formula is C24H37NaO6. The summed E-state index contributed by atoms with van der Waals surface area (Å²) in [6.45, 7) is 3.34. The Hall–Kier alpha value is -0.660. The van der Waals surface area contributed by atoms with Crippen LogP contribution in [-0.4, -0.2) is 40.5 Å². The average molecular weight is 448 g/mol. The number of esters is 1. The normalized spacial score (nSPS) is 32.1. The Morgan fingerprint density at radius 3 is 2.65 bits per heavy atom. The number of carbonyl (C=O) groups is 2. The van der Waals surface area contributed by atoms with Gasteiger partial charge in [-0.1, -0.05) is 45.9 Å². The summed E-state index contributed by atoms with van der Waals surface area (Å²) in [5, 5.41) is 30.7. The van der Waals surface area contributed by atoms with E-state index < -0.39 is 49.4 Å². The van der Waals surface area contributed by atoms with Crippen LogP contribution >= 0.6 is 0 Å². The topological polar surface area (TPSA) is 107 Å². The Kier molecular flexibility index (Phi) is 9.96. The predicted molar refractivity (Wildman–Crippen MR) is 112 cm³/mol. The molecule has 0 heterocycles. The van der Waals surface area contributed by atoms with E-state index >= 15 is 0 Å². The first-order valence-corrected chi connectivity index (χ1v) is 11.0. The van der Waals surface area contributed by atoms with Crippen molar-refractivity contribution in [2.45, 2.75) is 84.5 Å². The van der Waals surface area contributed by atoms with Gasteiger partial charge in [0.1, 0.15) is 6.10 Å². The fourth-order valence-electron chi connectivity index (χ4n) is 4.71. The number of allylic oxidation sites excluding steroid dienone is 3. The van der Waals surface area contributed by atoms with Gasteiger partial charge in [-0.2, -0.15) is 0 Å². The van der Waals surface area contributed by atoms with Gasteiger partial charge in [-0.3, -0.25) is 4.79 Å². The van der Waals surface area contributed by atoms with Crippen LogP contribution in [-0.2, 0) is 14.3 Å². The second-order valence-corrected chi connectivity index (χ2v) is 8.92. The summed E-state index contributed by atoms with van der Waals surface area (Å²) < 4.78 is 28.8. The second kappa shape index (κ2) is 13.1. The van der Waals surface area contributed by atoms with Crippen LogP contribution in [0.15, 0.2) is 23.8 Å². The number of hydrogen-bond donors (Lipinski definition) is 2. The van der Waals surface area contributed by atoms with Crippen molar-refractivity contribution in [1.82, 2.24) is 0 Å². The quantitative estimate of drug-likeness (QED) is 0.342. The van der Waals surface area contributed by atoms with Crippen molar-refractivity contribution in [3.63, 3.8) is 0 Å².